The molecule has 1 aromatic rings. The molecule has 2 rings (SSSR count). The quantitative estimate of drug-likeness (QED) is 0.778. The lowest BCUT2D eigenvalue weighted by Crippen LogP contribution is -2.31. The first-order chi connectivity index (χ1) is 8.15. The zero-order valence-electron chi connectivity index (χ0n) is 9.83. The van der Waals surface area contributed by atoms with Crippen molar-refractivity contribution in [3.8, 4) is 12.3 Å². The average Bonchev–Trinajstić information content (AvgIpc) is 3.13. The average molecular weight is 233 g/mol. The Hall–Kier alpha value is -1.60. The summed E-state index contributed by atoms with van der Waals surface area (Å²) in [5.74, 6) is 2.80. The van der Waals surface area contributed by atoms with E-state index in [9.17, 15) is 4.39 Å². The van der Waals surface area contributed by atoms with E-state index in [1.54, 1.807) is 6.92 Å². The molecular formula is C13H16FN3. The van der Waals surface area contributed by atoms with Gasteiger partial charge in [-0.2, -0.15) is 0 Å². The Bertz CT molecular complexity index is 460. The molecule has 4 heteroatoms. The van der Waals surface area contributed by atoms with Gasteiger partial charge < -0.3 is 11.1 Å². The summed E-state index contributed by atoms with van der Waals surface area (Å²) in [7, 11) is 0. The van der Waals surface area contributed by atoms with Crippen LogP contribution < -0.4 is 11.1 Å². The van der Waals surface area contributed by atoms with Crippen molar-refractivity contribution in [3.63, 3.8) is 0 Å². The second kappa shape index (κ2) is 4.72. The van der Waals surface area contributed by atoms with Crippen LogP contribution in [0.5, 0.6) is 0 Å². The topological polar surface area (TPSA) is 50.9 Å². The molecule has 0 saturated heterocycles. The van der Waals surface area contributed by atoms with E-state index in [0.717, 1.165) is 12.8 Å². The molecular weight excluding hydrogens is 217 g/mol. The van der Waals surface area contributed by atoms with Crippen molar-refractivity contribution >= 4 is 5.82 Å². The van der Waals surface area contributed by atoms with Crippen LogP contribution in [0.25, 0.3) is 0 Å². The zero-order chi connectivity index (χ0) is 12.4. The van der Waals surface area contributed by atoms with Gasteiger partial charge in [-0.05, 0) is 31.7 Å². The molecule has 0 spiro atoms. The van der Waals surface area contributed by atoms with Gasteiger partial charge in [0.2, 0.25) is 0 Å². The first-order valence-corrected chi connectivity index (χ1v) is 5.76. The van der Waals surface area contributed by atoms with Gasteiger partial charge in [0.05, 0.1) is 5.69 Å². The summed E-state index contributed by atoms with van der Waals surface area (Å²) in [6.07, 6.45) is 7.56. The molecule has 0 amide bonds. The van der Waals surface area contributed by atoms with Crippen LogP contribution in [0.1, 0.15) is 24.1 Å². The molecule has 1 aliphatic rings. The Labute approximate surface area is 101 Å². The first-order valence-electron chi connectivity index (χ1n) is 5.76. The largest absolute Gasteiger partial charge is 0.363 e. The molecule has 0 radical (unpaired) electrons. The van der Waals surface area contributed by atoms with Crippen LogP contribution in [-0.2, 0) is 0 Å². The number of pyridine rings is 1. The lowest BCUT2D eigenvalue weighted by Gasteiger charge is -2.17. The summed E-state index contributed by atoms with van der Waals surface area (Å²) in [5.41, 5.74) is 6.81. The lowest BCUT2D eigenvalue weighted by molar-refractivity contribution is 0.600. The molecule has 1 heterocycles. The molecule has 3 N–H and O–H groups in total. The number of halogens is 1. The van der Waals surface area contributed by atoms with Gasteiger partial charge in [0.25, 0.3) is 0 Å². The number of terminal acetylenes is 1. The summed E-state index contributed by atoms with van der Waals surface area (Å²) >= 11 is 0. The Balaban J connectivity index is 2.20. The second-order valence-electron chi connectivity index (χ2n) is 4.42. The van der Waals surface area contributed by atoms with Crippen LogP contribution in [0.4, 0.5) is 10.2 Å². The van der Waals surface area contributed by atoms with Crippen LogP contribution in [0.15, 0.2) is 6.07 Å². The number of anilines is 1. The molecule has 0 aliphatic heterocycles. The minimum Gasteiger partial charge on any atom is -0.363 e. The van der Waals surface area contributed by atoms with Gasteiger partial charge >= 0.3 is 0 Å². The highest BCUT2D eigenvalue weighted by molar-refractivity contribution is 5.46. The zero-order valence-corrected chi connectivity index (χ0v) is 9.83. The summed E-state index contributed by atoms with van der Waals surface area (Å²) < 4.78 is 13.7. The normalized spacial score (nSPS) is 16.4. The predicted molar refractivity (Wildman–Crippen MR) is 66.1 cm³/mol. The molecule has 1 aliphatic carbocycles. The van der Waals surface area contributed by atoms with E-state index < -0.39 is 5.82 Å². The molecule has 0 bridgehead atoms. The summed E-state index contributed by atoms with van der Waals surface area (Å²) in [5, 5.41) is 3.07. The van der Waals surface area contributed by atoms with Crippen molar-refractivity contribution in [1.29, 1.82) is 0 Å². The number of nitrogens with one attached hydrogen (secondary N) is 1. The molecule has 3 nitrogen and oxygen atoms in total. The van der Waals surface area contributed by atoms with Crippen molar-refractivity contribution in [2.45, 2.75) is 25.8 Å². The minimum absolute atomic E-state index is 0.105. The number of hydrogen-bond acceptors (Lipinski definition) is 3. The number of aryl methyl sites for hydroxylation is 1. The van der Waals surface area contributed by atoms with Crippen molar-refractivity contribution in [2.75, 3.05) is 11.9 Å². The van der Waals surface area contributed by atoms with E-state index in [1.807, 2.05) is 0 Å². The van der Waals surface area contributed by atoms with Crippen LogP contribution in [0.3, 0.4) is 0 Å². The highest BCUT2D eigenvalue weighted by Crippen LogP contribution is 2.34. The van der Waals surface area contributed by atoms with Crippen molar-refractivity contribution in [2.24, 2.45) is 11.7 Å². The molecule has 1 atom stereocenters. The van der Waals surface area contributed by atoms with Crippen LogP contribution >= 0.6 is 0 Å². The Morgan fingerprint density at radius 3 is 2.94 bits per heavy atom. The predicted octanol–water partition coefficient (Wildman–Crippen LogP) is 1.66. The Morgan fingerprint density at radius 2 is 2.41 bits per heavy atom. The molecule has 1 aromatic heterocycles. The van der Waals surface area contributed by atoms with Gasteiger partial charge in [-0.15, -0.1) is 6.42 Å². The van der Waals surface area contributed by atoms with Crippen molar-refractivity contribution < 1.29 is 4.39 Å². The fourth-order valence-corrected chi connectivity index (χ4v) is 1.87. The maximum absolute atomic E-state index is 13.7. The fraction of sp³-hybridized carbons (Fsp3) is 0.462. The first kappa shape index (κ1) is 11.9. The molecule has 17 heavy (non-hydrogen) atoms. The molecule has 1 saturated carbocycles. The van der Waals surface area contributed by atoms with Gasteiger partial charge in [0.1, 0.15) is 0 Å². The van der Waals surface area contributed by atoms with E-state index in [4.69, 9.17) is 12.2 Å². The van der Waals surface area contributed by atoms with E-state index in [0.29, 0.717) is 23.7 Å². The van der Waals surface area contributed by atoms with Gasteiger partial charge in [-0.25, -0.2) is 9.37 Å². The highest BCUT2D eigenvalue weighted by Gasteiger charge is 2.30. The summed E-state index contributed by atoms with van der Waals surface area (Å²) in [6, 6.07) is 1.44. The third-order valence-electron chi connectivity index (χ3n) is 3.09. The number of nitrogens with zero attached hydrogens (tertiary/aromatic N) is 1. The highest BCUT2D eigenvalue weighted by atomic mass is 19.1. The van der Waals surface area contributed by atoms with Crippen LogP contribution in [0, 0.1) is 31.0 Å². The number of aromatic nitrogens is 1. The number of nitrogens with two attached hydrogens (primary N) is 1. The van der Waals surface area contributed by atoms with E-state index in [-0.39, 0.29) is 11.9 Å². The maximum atomic E-state index is 13.7. The Morgan fingerprint density at radius 1 is 1.71 bits per heavy atom. The van der Waals surface area contributed by atoms with E-state index in [1.165, 1.54) is 6.07 Å². The number of rotatable bonds is 4. The maximum Gasteiger partial charge on any atom is 0.166 e. The standard InChI is InChI=1S/C13H16FN3/c1-3-9-6-11(14)13(16-8(9)2)17-12(7-15)10-4-5-10/h1,6,10,12H,4-5,7,15H2,2H3,(H,16,17). The van der Waals surface area contributed by atoms with E-state index >= 15 is 0 Å². The number of hydrogen-bond donors (Lipinski definition) is 2. The third-order valence-corrected chi connectivity index (χ3v) is 3.09. The van der Waals surface area contributed by atoms with Crippen LogP contribution in [-0.4, -0.2) is 17.6 Å². The molecule has 1 fully saturated rings. The third kappa shape index (κ3) is 2.56. The van der Waals surface area contributed by atoms with E-state index in [2.05, 4.69) is 16.2 Å². The van der Waals surface area contributed by atoms with Crippen LogP contribution in [0.2, 0.25) is 0 Å². The van der Waals surface area contributed by atoms with Gasteiger partial charge in [-0.3, -0.25) is 0 Å². The SMILES string of the molecule is C#Cc1cc(F)c(NC(CN)C2CC2)nc1C. The van der Waals surface area contributed by atoms with Gasteiger partial charge in [-0.1, -0.05) is 5.92 Å². The fourth-order valence-electron chi connectivity index (χ4n) is 1.87. The van der Waals surface area contributed by atoms with Crippen molar-refractivity contribution in [3.05, 3.63) is 23.1 Å². The summed E-state index contributed by atoms with van der Waals surface area (Å²) in [6.45, 7) is 2.26. The van der Waals surface area contributed by atoms with Gasteiger partial charge in [0.15, 0.2) is 11.6 Å². The molecule has 90 valence electrons. The summed E-state index contributed by atoms with van der Waals surface area (Å²) in [4.78, 5) is 4.16. The minimum atomic E-state index is -0.414. The monoisotopic (exact) mass is 233 g/mol. The van der Waals surface area contributed by atoms with Gasteiger partial charge in [0, 0.05) is 18.2 Å². The lowest BCUT2D eigenvalue weighted by atomic mass is 10.1. The molecule has 0 aromatic carbocycles. The Kier molecular flexibility index (Phi) is 3.30. The smallest absolute Gasteiger partial charge is 0.166 e. The molecule has 1 unspecified atom stereocenters. The van der Waals surface area contributed by atoms with Crippen molar-refractivity contribution in [1.82, 2.24) is 4.98 Å². The second-order valence-corrected chi connectivity index (χ2v) is 4.42.